The average molecular weight is 639 g/mol. The van der Waals surface area contributed by atoms with Gasteiger partial charge in [-0.1, -0.05) is 81.4 Å². The maximum Gasteiger partial charge on any atom is 0.417 e. The molecule has 0 bridgehead atoms. The molecule has 9 nitrogen and oxygen atoms in total. The van der Waals surface area contributed by atoms with E-state index in [1.165, 1.54) is 4.90 Å². The monoisotopic (exact) mass is 638 g/mol. The van der Waals surface area contributed by atoms with Crippen LogP contribution in [0.25, 0.3) is 0 Å². The highest BCUT2D eigenvalue weighted by molar-refractivity contribution is 6.99. The SMILES string of the molecule is CC(C)(C)OC(=O)N1C(=O)[C@H](O[Si](c2ccccc2)(c2ccccc2)C(C)(C)C)C[C@@H]1[C@@H]1COC(C)(C)N1C(=O)OC(C)(C)C. The first-order valence-electron chi connectivity index (χ1n) is 15.7. The summed E-state index contributed by atoms with van der Waals surface area (Å²) in [5, 5.41) is 1.64. The minimum absolute atomic E-state index is 0.107. The van der Waals surface area contributed by atoms with Gasteiger partial charge in [-0.15, -0.1) is 0 Å². The molecule has 45 heavy (non-hydrogen) atoms. The summed E-state index contributed by atoms with van der Waals surface area (Å²) in [6.45, 7) is 20.7. The lowest BCUT2D eigenvalue weighted by molar-refractivity contribution is -0.134. The highest BCUT2D eigenvalue weighted by atomic mass is 28.4. The summed E-state index contributed by atoms with van der Waals surface area (Å²) in [5.74, 6) is -0.490. The molecule has 2 fully saturated rings. The van der Waals surface area contributed by atoms with Gasteiger partial charge < -0.3 is 18.6 Å². The lowest BCUT2D eigenvalue weighted by Gasteiger charge is -2.44. The van der Waals surface area contributed by atoms with Gasteiger partial charge in [0.05, 0.1) is 18.7 Å². The Kier molecular flexibility index (Phi) is 9.39. The van der Waals surface area contributed by atoms with Crippen molar-refractivity contribution < 1.29 is 33.0 Å². The second-order valence-electron chi connectivity index (χ2n) is 15.4. The van der Waals surface area contributed by atoms with E-state index in [0.29, 0.717) is 0 Å². The van der Waals surface area contributed by atoms with E-state index in [1.54, 1.807) is 55.4 Å². The number of ether oxygens (including phenoxy) is 3. The number of hydrogen-bond donors (Lipinski definition) is 0. The fourth-order valence-electron chi connectivity index (χ4n) is 6.40. The van der Waals surface area contributed by atoms with E-state index in [1.807, 2.05) is 36.4 Å². The van der Waals surface area contributed by atoms with E-state index in [9.17, 15) is 14.4 Å². The topological polar surface area (TPSA) is 94.6 Å². The standard InChI is InChI=1S/C35H50N2O7Si/c1-32(2,3)42-30(39)36-26(27-23-41-35(10,11)37(27)31(40)43-33(4,5)6)22-28(29(36)38)44-45(34(7,8)9,24-18-14-12-15-19-24)25-20-16-13-17-21-25/h12-21,26-28H,22-23H2,1-11H3/t26-,27+,28-/m1/s1. The molecule has 10 heteroatoms. The predicted octanol–water partition coefficient (Wildman–Crippen LogP) is 5.84. The number of carbonyl (C=O) groups is 3. The number of carbonyl (C=O) groups excluding carboxylic acids is 3. The molecule has 0 aromatic heterocycles. The summed E-state index contributed by atoms with van der Waals surface area (Å²) in [5.41, 5.74) is -2.65. The zero-order valence-electron chi connectivity index (χ0n) is 28.7. The third-order valence-corrected chi connectivity index (χ3v) is 13.2. The van der Waals surface area contributed by atoms with Gasteiger partial charge in [0.2, 0.25) is 0 Å². The van der Waals surface area contributed by atoms with Crippen LogP contribution in [0.4, 0.5) is 9.59 Å². The summed E-state index contributed by atoms with van der Waals surface area (Å²) >= 11 is 0. The van der Waals surface area contributed by atoms with Gasteiger partial charge in [-0.3, -0.25) is 9.69 Å². The molecule has 2 aromatic carbocycles. The molecular formula is C35H50N2O7Si. The second-order valence-corrected chi connectivity index (χ2v) is 19.7. The maximum absolute atomic E-state index is 14.5. The number of imide groups is 1. The van der Waals surface area contributed by atoms with E-state index in [4.69, 9.17) is 18.6 Å². The zero-order valence-corrected chi connectivity index (χ0v) is 29.7. The van der Waals surface area contributed by atoms with Crippen molar-refractivity contribution in [2.45, 2.75) is 123 Å². The van der Waals surface area contributed by atoms with Crippen LogP contribution >= 0.6 is 0 Å². The zero-order chi connectivity index (χ0) is 33.6. The van der Waals surface area contributed by atoms with Crippen molar-refractivity contribution in [2.75, 3.05) is 6.61 Å². The van der Waals surface area contributed by atoms with E-state index in [0.717, 1.165) is 15.3 Å². The van der Waals surface area contributed by atoms with Crippen molar-refractivity contribution in [1.82, 2.24) is 9.80 Å². The molecule has 0 radical (unpaired) electrons. The summed E-state index contributed by atoms with van der Waals surface area (Å²) < 4.78 is 24.9. The molecule has 0 unspecified atom stereocenters. The van der Waals surface area contributed by atoms with Gasteiger partial charge in [-0.2, -0.15) is 0 Å². The Hall–Kier alpha value is -3.21. The predicted molar refractivity (Wildman–Crippen MR) is 176 cm³/mol. The van der Waals surface area contributed by atoms with Crippen LogP contribution in [0.1, 0.15) is 82.6 Å². The normalized spacial score (nSPS) is 22.5. The number of hydrogen-bond acceptors (Lipinski definition) is 7. The first-order valence-corrected chi connectivity index (χ1v) is 17.6. The van der Waals surface area contributed by atoms with E-state index in [2.05, 4.69) is 45.0 Å². The van der Waals surface area contributed by atoms with Gasteiger partial charge in [-0.05, 0) is 70.8 Å². The second kappa shape index (κ2) is 12.2. The molecule has 3 atom stereocenters. The van der Waals surface area contributed by atoms with Crippen molar-refractivity contribution in [3.8, 4) is 0 Å². The van der Waals surface area contributed by atoms with Crippen LogP contribution in [0.3, 0.4) is 0 Å². The van der Waals surface area contributed by atoms with E-state index >= 15 is 0 Å². The number of benzene rings is 2. The van der Waals surface area contributed by atoms with Crippen molar-refractivity contribution in [3.63, 3.8) is 0 Å². The Morgan fingerprint density at radius 1 is 0.778 bits per heavy atom. The third-order valence-electron chi connectivity index (χ3n) is 8.18. The van der Waals surface area contributed by atoms with Gasteiger partial charge in [0, 0.05) is 6.42 Å². The summed E-state index contributed by atoms with van der Waals surface area (Å²) in [4.78, 5) is 44.6. The van der Waals surface area contributed by atoms with Crippen LogP contribution in [0.5, 0.6) is 0 Å². The van der Waals surface area contributed by atoms with E-state index < -0.39 is 66.6 Å². The summed E-state index contributed by atoms with van der Waals surface area (Å²) in [7, 11) is -3.17. The van der Waals surface area contributed by atoms with Crippen LogP contribution in [-0.4, -0.2) is 77.9 Å². The Morgan fingerprint density at radius 2 is 1.24 bits per heavy atom. The molecule has 2 aromatic rings. The fourth-order valence-corrected chi connectivity index (χ4v) is 11.0. The number of rotatable bonds is 5. The Labute approximate surface area is 269 Å². The van der Waals surface area contributed by atoms with Crippen molar-refractivity contribution in [3.05, 3.63) is 60.7 Å². The minimum Gasteiger partial charge on any atom is -0.444 e. The minimum atomic E-state index is -3.17. The highest BCUT2D eigenvalue weighted by Crippen LogP contribution is 2.42. The molecule has 0 saturated carbocycles. The van der Waals surface area contributed by atoms with Crippen molar-refractivity contribution >= 4 is 36.8 Å². The first-order chi connectivity index (χ1) is 20.7. The van der Waals surface area contributed by atoms with E-state index in [-0.39, 0.29) is 13.0 Å². The molecular weight excluding hydrogens is 588 g/mol. The number of likely N-dealkylation sites (tertiary alicyclic amines) is 1. The summed E-state index contributed by atoms with van der Waals surface area (Å²) in [6, 6.07) is 18.6. The Balaban J connectivity index is 1.83. The maximum atomic E-state index is 14.5. The molecule has 2 aliphatic heterocycles. The number of amides is 3. The lowest BCUT2D eigenvalue weighted by atomic mass is 10.0. The van der Waals surface area contributed by atoms with Gasteiger partial charge >= 0.3 is 12.2 Å². The molecule has 2 saturated heterocycles. The van der Waals surface area contributed by atoms with Gasteiger partial charge in [-0.25, -0.2) is 14.5 Å². The Bertz CT molecular complexity index is 1340. The molecule has 2 aliphatic rings. The molecule has 2 heterocycles. The smallest absolute Gasteiger partial charge is 0.417 e. The van der Waals surface area contributed by atoms with Crippen LogP contribution in [-0.2, 0) is 23.4 Å². The molecule has 0 N–H and O–H groups in total. The average Bonchev–Trinajstić information content (AvgIpc) is 3.40. The Morgan fingerprint density at radius 3 is 1.69 bits per heavy atom. The van der Waals surface area contributed by atoms with Crippen LogP contribution in [0.2, 0.25) is 5.04 Å². The fraction of sp³-hybridized carbons (Fsp3) is 0.571. The van der Waals surface area contributed by atoms with Crippen molar-refractivity contribution in [2.24, 2.45) is 0 Å². The van der Waals surface area contributed by atoms with Gasteiger partial charge in [0.15, 0.2) is 0 Å². The van der Waals surface area contributed by atoms with Crippen LogP contribution in [0, 0.1) is 0 Å². The molecule has 0 spiro atoms. The van der Waals surface area contributed by atoms with Crippen LogP contribution < -0.4 is 10.4 Å². The molecule has 246 valence electrons. The third kappa shape index (κ3) is 7.13. The first kappa shape index (κ1) is 34.7. The quantitative estimate of drug-likeness (QED) is 0.380. The highest BCUT2D eigenvalue weighted by Gasteiger charge is 2.59. The number of nitrogens with zero attached hydrogens (tertiary/aromatic N) is 2. The molecule has 4 rings (SSSR count). The van der Waals surface area contributed by atoms with Gasteiger partial charge in [0.25, 0.3) is 14.2 Å². The molecule has 3 amide bonds. The van der Waals surface area contributed by atoms with Gasteiger partial charge in [0.1, 0.15) is 23.0 Å². The summed E-state index contributed by atoms with van der Waals surface area (Å²) in [6.07, 6.45) is -2.17. The lowest BCUT2D eigenvalue weighted by Crippen LogP contribution is -2.68. The van der Waals surface area contributed by atoms with Crippen LogP contribution in [0.15, 0.2) is 60.7 Å². The van der Waals surface area contributed by atoms with Crippen molar-refractivity contribution in [1.29, 1.82) is 0 Å². The largest absolute Gasteiger partial charge is 0.444 e. The molecule has 0 aliphatic carbocycles.